The van der Waals surface area contributed by atoms with Crippen molar-refractivity contribution in [1.82, 2.24) is 0 Å². The average molecular weight is 454 g/mol. The van der Waals surface area contributed by atoms with Gasteiger partial charge in [-0.2, -0.15) is 0 Å². The minimum absolute atomic E-state index is 0.748. The van der Waals surface area contributed by atoms with Crippen LogP contribution in [0.4, 0.5) is 11.4 Å². The first kappa shape index (κ1) is 21.7. The zero-order valence-corrected chi connectivity index (χ0v) is 20.1. The Labute approximate surface area is 208 Å². The Morgan fingerprint density at radius 3 is 1.91 bits per heavy atom. The van der Waals surface area contributed by atoms with Crippen molar-refractivity contribution in [1.29, 1.82) is 0 Å². The van der Waals surface area contributed by atoms with E-state index < -0.39 is 0 Å². The van der Waals surface area contributed by atoms with Gasteiger partial charge in [0.05, 0.1) is 0 Å². The van der Waals surface area contributed by atoms with Gasteiger partial charge in [0.2, 0.25) is 0 Å². The minimum atomic E-state index is 0.748. The summed E-state index contributed by atoms with van der Waals surface area (Å²) in [5.41, 5.74) is 8.79. The van der Waals surface area contributed by atoms with Crippen molar-refractivity contribution in [3.8, 4) is 22.3 Å². The Hall–Kier alpha value is -3.84. The van der Waals surface area contributed by atoms with Crippen LogP contribution in [-0.2, 0) is 0 Å². The Morgan fingerprint density at radius 1 is 0.514 bits per heavy atom. The van der Waals surface area contributed by atoms with Gasteiger partial charge in [0.25, 0.3) is 0 Å². The van der Waals surface area contributed by atoms with Crippen LogP contribution in [0.25, 0.3) is 33.0 Å². The van der Waals surface area contributed by atoms with E-state index in [2.05, 4.69) is 121 Å². The molecule has 35 heavy (non-hydrogen) atoms. The van der Waals surface area contributed by atoms with Gasteiger partial charge in [-0.15, -0.1) is 0 Å². The molecule has 1 saturated carbocycles. The first-order valence-electron chi connectivity index (χ1n) is 12.9. The van der Waals surface area contributed by atoms with Gasteiger partial charge in [-0.3, -0.25) is 0 Å². The minimum Gasteiger partial charge on any atom is -0.356 e. The van der Waals surface area contributed by atoms with E-state index in [-0.39, 0.29) is 0 Å². The lowest BCUT2D eigenvalue weighted by molar-refractivity contribution is 0.443. The number of hydrogen-bond acceptors (Lipinski definition) is 1. The molecule has 1 nitrogen and oxygen atoms in total. The lowest BCUT2D eigenvalue weighted by atomic mass is 9.84. The fourth-order valence-electron chi connectivity index (χ4n) is 5.60. The SMILES string of the molecule is c1ccc(-c2c(-c3ccc(Nc4ccc(C5CCCCC5)cc4)cc3)ccc3ccccc23)cc1. The lowest BCUT2D eigenvalue weighted by Crippen LogP contribution is -2.04. The summed E-state index contributed by atoms with van der Waals surface area (Å²) in [7, 11) is 0. The van der Waals surface area contributed by atoms with Crippen molar-refractivity contribution >= 4 is 22.1 Å². The Morgan fingerprint density at radius 2 is 1.17 bits per heavy atom. The van der Waals surface area contributed by atoms with Gasteiger partial charge >= 0.3 is 0 Å². The van der Waals surface area contributed by atoms with E-state index in [4.69, 9.17) is 0 Å². The predicted molar refractivity (Wildman–Crippen MR) is 150 cm³/mol. The molecule has 1 aliphatic rings. The summed E-state index contributed by atoms with van der Waals surface area (Å²) >= 11 is 0. The highest BCUT2D eigenvalue weighted by Gasteiger charge is 2.15. The van der Waals surface area contributed by atoms with Crippen LogP contribution in [0.3, 0.4) is 0 Å². The van der Waals surface area contributed by atoms with E-state index in [0.29, 0.717) is 0 Å². The van der Waals surface area contributed by atoms with Crippen LogP contribution in [0.1, 0.15) is 43.6 Å². The second kappa shape index (κ2) is 9.80. The fourth-order valence-corrected chi connectivity index (χ4v) is 5.60. The van der Waals surface area contributed by atoms with Crippen LogP contribution in [-0.4, -0.2) is 0 Å². The van der Waals surface area contributed by atoms with Crippen LogP contribution in [0.5, 0.6) is 0 Å². The van der Waals surface area contributed by atoms with E-state index in [1.165, 1.54) is 70.7 Å². The molecular formula is C34H31N. The van der Waals surface area contributed by atoms with Crippen molar-refractivity contribution < 1.29 is 0 Å². The smallest absolute Gasteiger partial charge is 0.0384 e. The maximum absolute atomic E-state index is 3.59. The van der Waals surface area contributed by atoms with Crippen LogP contribution in [0.2, 0.25) is 0 Å². The zero-order valence-electron chi connectivity index (χ0n) is 20.1. The molecule has 6 rings (SSSR count). The second-order valence-electron chi connectivity index (χ2n) is 9.73. The molecule has 0 radical (unpaired) electrons. The van der Waals surface area contributed by atoms with Crippen LogP contribution >= 0.6 is 0 Å². The van der Waals surface area contributed by atoms with Crippen molar-refractivity contribution in [2.45, 2.75) is 38.0 Å². The molecule has 0 atom stereocenters. The third-order valence-corrected chi connectivity index (χ3v) is 7.46. The maximum atomic E-state index is 3.59. The number of anilines is 2. The molecule has 1 fully saturated rings. The summed E-state index contributed by atoms with van der Waals surface area (Å²) < 4.78 is 0. The fraction of sp³-hybridized carbons (Fsp3) is 0.176. The summed E-state index contributed by atoms with van der Waals surface area (Å²) in [6.07, 6.45) is 6.83. The first-order valence-corrected chi connectivity index (χ1v) is 12.9. The number of nitrogens with one attached hydrogen (secondary N) is 1. The van der Waals surface area contributed by atoms with Gasteiger partial charge in [0.1, 0.15) is 0 Å². The highest BCUT2D eigenvalue weighted by Crippen LogP contribution is 2.38. The van der Waals surface area contributed by atoms with Gasteiger partial charge in [-0.05, 0) is 81.6 Å². The molecule has 0 aliphatic heterocycles. The summed E-state index contributed by atoms with van der Waals surface area (Å²) in [4.78, 5) is 0. The third kappa shape index (κ3) is 4.59. The monoisotopic (exact) mass is 453 g/mol. The molecule has 5 aromatic carbocycles. The molecule has 1 N–H and O–H groups in total. The van der Waals surface area contributed by atoms with Crippen molar-refractivity contribution in [2.24, 2.45) is 0 Å². The van der Waals surface area contributed by atoms with Crippen LogP contribution in [0, 0.1) is 0 Å². The highest BCUT2D eigenvalue weighted by atomic mass is 14.9. The Balaban J connectivity index is 1.28. The predicted octanol–water partition coefficient (Wildman–Crippen LogP) is 9.97. The molecule has 0 saturated heterocycles. The Kier molecular flexibility index (Phi) is 6.07. The standard InChI is InChI=1S/C34H31N/c1-3-9-25(10-4-1)26-15-20-30(21-16-26)35-31-22-17-28(18-23-31)33-24-19-27-11-7-8-14-32(27)34(33)29-12-5-2-6-13-29/h2,5-8,11-25,35H,1,3-4,9-10H2. The van der Waals surface area contributed by atoms with Crippen LogP contribution < -0.4 is 5.32 Å². The van der Waals surface area contributed by atoms with E-state index in [9.17, 15) is 0 Å². The van der Waals surface area contributed by atoms with E-state index in [1.807, 2.05) is 0 Å². The molecule has 1 aliphatic carbocycles. The van der Waals surface area contributed by atoms with E-state index in [0.717, 1.165) is 17.3 Å². The van der Waals surface area contributed by atoms with Gasteiger partial charge in [0.15, 0.2) is 0 Å². The molecule has 172 valence electrons. The number of rotatable bonds is 5. The quantitative estimate of drug-likeness (QED) is 0.279. The second-order valence-corrected chi connectivity index (χ2v) is 9.73. The van der Waals surface area contributed by atoms with Gasteiger partial charge in [0, 0.05) is 11.4 Å². The first-order chi connectivity index (χ1) is 17.3. The molecule has 0 heterocycles. The average Bonchev–Trinajstić information content (AvgIpc) is 2.94. The Bertz CT molecular complexity index is 1410. The number of hydrogen-bond donors (Lipinski definition) is 1. The van der Waals surface area contributed by atoms with Gasteiger partial charge in [-0.1, -0.05) is 110 Å². The molecule has 0 bridgehead atoms. The van der Waals surface area contributed by atoms with Gasteiger partial charge in [-0.25, -0.2) is 0 Å². The molecule has 1 heteroatoms. The normalized spacial score (nSPS) is 14.2. The largest absolute Gasteiger partial charge is 0.356 e. The molecule has 5 aromatic rings. The van der Waals surface area contributed by atoms with Crippen molar-refractivity contribution in [2.75, 3.05) is 5.32 Å². The van der Waals surface area contributed by atoms with Gasteiger partial charge < -0.3 is 5.32 Å². The summed E-state index contributed by atoms with van der Waals surface area (Å²) in [5.74, 6) is 0.748. The molecule has 0 unspecified atom stereocenters. The van der Waals surface area contributed by atoms with Crippen molar-refractivity contribution in [3.05, 3.63) is 121 Å². The third-order valence-electron chi connectivity index (χ3n) is 7.46. The van der Waals surface area contributed by atoms with Crippen molar-refractivity contribution in [3.63, 3.8) is 0 Å². The molecule has 0 spiro atoms. The summed E-state index contributed by atoms with van der Waals surface area (Å²) in [5, 5.41) is 6.15. The topological polar surface area (TPSA) is 12.0 Å². The van der Waals surface area contributed by atoms with E-state index in [1.54, 1.807) is 0 Å². The van der Waals surface area contributed by atoms with Crippen LogP contribution in [0.15, 0.2) is 115 Å². The summed E-state index contributed by atoms with van der Waals surface area (Å²) in [6, 6.07) is 41.8. The summed E-state index contributed by atoms with van der Waals surface area (Å²) in [6.45, 7) is 0. The molecule has 0 aromatic heterocycles. The highest BCUT2D eigenvalue weighted by molar-refractivity contribution is 6.04. The molecule has 0 amide bonds. The maximum Gasteiger partial charge on any atom is 0.0384 e. The number of benzene rings is 5. The molecular weight excluding hydrogens is 422 g/mol. The zero-order chi connectivity index (χ0) is 23.5. The number of fused-ring (bicyclic) bond motifs is 1. The lowest BCUT2D eigenvalue weighted by Gasteiger charge is -2.22. The van der Waals surface area contributed by atoms with E-state index >= 15 is 0 Å².